The van der Waals surface area contributed by atoms with E-state index in [1.54, 1.807) is 0 Å². The van der Waals surface area contributed by atoms with E-state index in [2.05, 4.69) is 63.3 Å². The normalized spacial score (nSPS) is 10.5. The van der Waals surface area contributed by atoms with Crippen LogP contribution in [0.5, 0.6) is 5.75 Å². The van der Waals surface area contributed by atoms with Gasteiger partial charge in [-0.05, 0) is 61.6 Å². The van der Waals surface area contributed by atoms with Gasteiger partial charge >= 0.3 is 0 Å². The molecule has 0 amide bonds. The van der Waals surface area contributed by atoms with E-state index < -0.39 is 0 Å². The van der Waals surface area contributed by atoms with Crippen LogP contribution in [-0.2, 0) is 6.42 Å². The third-order valence-corrected chi connectivity index (χ3v) is 3.89. The Balaban J connectivity index is 1.89. The van der Waals surface area contributed by atoms with E-state index in [1.807, 2.05) is 6.07 Å². The smallest absolute Gasteiger partial charge is 0.119 e. The van der Waals surface area contributed by atoms with Gasteiger partial charge in [0, 0.05) is 12.2 Å². The minimum Gasteiger partial charge on any atom is -0.492 e. The average molecular weight is 283 g/mol. The molecule has 0 radical (unpaired) electrons. The molecule has 0 spiro atoms. The molecule has 0 aromatic heterocycles. The summed E-state index contributed by atoms with van der Waals surface area (Å²) in [5, 5.41) is 3.50. The Morgan fingerprint density at radius 2 is 1.76 bits per heavy atom. The van der Waals surface area contributed by atoms with Gasteiger partial charge in [-0.2, -0.15) is 0 Å². The maximum atomic E-state index is 5.81. The molecule has 0 saturated carbocycles. The molecule has 2 heteroatoms. The molecule has 0 fully saturated rings. The summed E-state index contributed by atoms with van der Waals surface area (Å²) in [5.41, 5.74) is 6.48. The van der Waals surface area contributed by atoms with Crippen molar-refractivity contribution in [2.45, 2.75) is 34.1 Å². The molecule has 0 unspecified atom stereocenters. The Morgan fingerprint density at radius 3 is 2.48 bits per heavy atom. The highest BCUT2D eigenvalue weighted by molar-refractivity contribution is 5.57. The predicted molar refractivity (Wildman–Crippen MR) is 90.5 cm³/mol. The van der Waals surface area contributed by atoms with Gasteiger partial charge in [-0.25, -0.2) is 0 Å². The van der Waals surface area contributed by atoms with Crippen molar-refractivity contribution in [1.29, 1.82) is 0 Å². The lowest BCUT2D eigenvalue weighted by Crippen LogP contribution is -2.13. The van der Waals surface area contributed by atoms with Gasteiger partial charge in [-0.3, -0.25) is 0 Å². The van der Waals surface area contributed by atoms with E-state index in [0.717, 1.165) is 18.7 Å². The van der Waals surface area contributed by atoms with Gasteiger partial charge in [-0.1, -0.05) is 31.2 Å². The fourth-order valence-electron chi connectivity index (χ4n) is 2.42. The van der Waals surface area contributed by atoms with Gasteiger partial charge < -0.3 is 10.1 Å². The summed E-state index contributed by atoms with van der Waals surface area (Å²) in [6, 6.07) is 12.7. The minimum absolute atomic E-state index is 0.667. The molecule has 0 saturated heterocycles. The van der Waals surface area contributed by atoms with E-state index in [-0.39, 0.29) is 0 Å². The molecule has 2 nitrogen and oxygen atoms in total. The Hall–Kier alpha value is -1.96. The van der Waals surface area contributed by atoms with Crippen LogP contribution in [0.1, 0.15) is 29.2 Å². The summed E-state index contributed by atoms with van der Waals surface area (Å²) in [6.45, 7) is 10.0. The third-order valence-electron chi connectivity index (χ3n) is 3.89. The maximum Gasteiger partial charge on any atom is 0.119 e. The Bertz CT molecular complexity index is 605. The Morgan fingerprint density at radius 1 is 0.952 bits per heavy atom. The zero-order valence-corrected chi connectivity index (χ0v) is 13.5. The monoisotopic (exact) mass is 283 g/mol. The maximum absolute atomic E-state index is 5.81. The lowest BCUT2D eigenvalue weighted by Gasteiger charge is -2.14. The van der Waals surface area contributed by atoms with Crippen molar-refractivity contribution in [3.05, 3.63) is 58.7 Å². The quantitative estimate of drug-likeness (QED) is 0.778. The predicted octanol–water partition coefficient (Wildman–Crippen LogP) is 4.67. The van der Waals surface area contributed by atoms with Gasteiger partial charge in [0.15, 0.2) is 0 Å². The summed E-state index contributed by atoms with van der Waals surface area (Å²) in [6.07, 6.45) is 1.04. The van der Waals surface area contributed by atoms with Crippen LogP contribution in [0.4, 0.5) is 5.69 Å². The first-order valence-electron chi connectivity index (χ1n) is 7.64. The highest BCUT2D eigenvalue weighted by atomic mass is 16.5. The Labute approximate surface area is 128 Å². The number of para-hydroxylation sites is 1. The highest BCUT2D eigenvalue weighted by Crippen LogP contribution is 2.21. The zero-order chi connectivity index (χ0) is 15.2. The molecular weight excluding hydrogens is 258 g/mol. The number of ether oxygens (including phenoxy) is 1. The SMILES string of the molecule is CCc1cccc(C)c1NCCOc1ccc(C)c(C)c1. The second-order valence-electron chi connectivity index (χ2n) is 5.48. The van der Waals surface area contributed by atoms with Crippen LogP contribution < -0.4 is 10.1 Å². The van der Waals surface area contributed by atoms with Gasteiger partial charge in [0.1, 0.15) is 12.4 Å². The van der Waals surface area contributed by atoms with Crippen LogP contribution in [0.25, 0.3) is 0 Å². The van der Waals surface area contributed by atoms with Crippen molar-refractivity contribution in [2.75, 3.05) is 18.5 Å². The molecule has 1 N–H and O–H groups in total. The van der Waals surface area contributed by atoms with Crippen molar-refractivity contribution >= 4 is 5.69 Å². The van der Waals surface area contributed by atoms with Crippen LogP contribution in [-0.4, -0.2) is 13.2 Å². The van der Waals surface area contributed by atoms with Crippen LogP contribution in [0.15, 0.2) is 36.4 Å². The van der Waals surface area contributed by atoms with Crippen LogP contribution >= 0.6 is 0 Å². The highest BCUT2D eigenvalue weighted by Gasteiger charge is 2.03. The number of aryl methyl sites for hydroxylation is 4. The van der Waals surface area contributed by atoms with Crippen LogP contribution in [0, 0.1) is 20.8 Å². The molecule has 2 aromatic rings. The Kier molecular flexibility index (Phi) is 5.26. The van der Waals surface area contributed by atoms with Crippen molar-refractivity contribution < 1.29 is 4.74 Å². The zero-order valence-electron chi connectivity index (χ0n) is 13.5. The van der Waals surface area contributed by atoms with Crippen LogP contribution in [0.3, 0.4) is 0 Å². The average Bonchev–Trinajstić information content (AvgIpc) is 2.48. The summed E-state index contributed by atoms with van der Waals surface area (Å²) >= 11 is 0. The molecular formula is C19H25NO. The van der Waals surface area contributed by atoms with Crippen LogP contribution in [0.2, 0.25) is 0 Å². The number of benzene rings is 2. The number of rotatable bonds is 6. The second kappa shape index (κ2) is 7.16. The molecule has 112 valence electrons. The molecule has 0 heterocycles. The molecule has 2 rings (SSSR count). The first kappa shape index (κ1) is 15.4. The molecule has 0 aliphatic heterocycles. The summed E-state index contributed by atoms with van der Waals surface area (Å²) in [4.78, 5) is 0. The van der Waals surface area contributed by atoms with E-state index >= 15 is 0 Å². The molecule has 0 aliphatic carbocycles. The molecule has 0 aliphatic rings. The van der Waals surface area contributed by atoms with Gasteiger partial charge in [0.05, 0.1) is 0 Å². The standard InChI is InChI=1S/C19H25NO/c1-5-17-8-6-7-15(3)19(17)20-11-12-21-18-10-9-14(2)16(4)13-18/h6-10,13,20H,5,11-12H2,1-4H3. The van der Waals surface area contributed by atoms with Gasteiger partial charge in [-0.15, -0.1) is 0 Å². The van der Waals surface area contributed by atoms with Gasteiger partial charge in [0.25, 0.3) is 0 Å². The summed E-state index contributed by atoms with van der Waals surface area (Å²) in [7, 11) is 0. The molecule has 2 aromatic carbocycles. The first-order chi connectivity index (χ1) is 10.1. The van der Waals surface area contributed by atoms with Crippen molar-refractivity contribution in [1.82, 2.24) is 0 Å². The largest absolute Gasteiger partial charge is 0.492 e. The van der Waals surface area contributed by atoms with E-state index in [4.69, 9.17) is 4.74 Å². The second-order valence-corrected chi connectivity index (χ2v) is 5.48. The lowest BCUT2D eigenvalue weighted by molar-refractivity contribution is 0.332. The summed E-state index contributed by atoms with van der Waals surface area (Å²) in [5.74, 6) is 0.945. The number of hydrogen-bond donors (Lipinski definition) is 1. The molecule has 21 heavy (non-hydrogen) atoms. The topological polar surface area (TPSA) is 21.3 Å². The lowest BCUT2D eigenvalue weighted by atomic mass is 10.1. The summed E-state index contributed by atoms with van der Waals surface area (Å²) < 4.78 is 5.81. The van der Waals surface area contributed by atoms with E-state index in [0.29, 0.717) is 6.61 Å². The molecule has 0 atom stereocenters. The van der Waals surface area contributed by atoms with E-state index in [9.17, 15) is 0 Å². The van der Waals surface area contributed by atoms with Crippen molar-refractivity contribution in [3.63, 3.8) is 0 Å². The minimum atomic E-state index is 0.667. The fourth-order valence-corrected chi connectivity index (χ4v) is 2.42. The first-order valence-corrected chi connectivity index (χ1v) is 7.64. The van der Waals surface area contributed by atoms with E-state index in [1.165, 1.54) is 27.9 Å². The number of anilines is 1. The third kappa shape index (κ3) is 4.01. The van der Waals surface area contributed by atoms with Crippen molar-refractivity contribution in [3.8, 4) is 5.75 Å². The van der Waals surface area contributed by atoms with Gasteiger partial charge in [0.2, 0.25) is 0 Å². The fraction of sp³-hybridized carbons (Fsp3) is 0.368. The number of nitrogens with one attached hydrogen (secondary N) is 1. The molecule has 0 bridgehead atoms. The number of hydrogen-bond acceptors (Lipinski definition) is 2. The van der Waals surface area contributed by atoms with Crippen molar-refractivity contribution in [2.24, 2.45) is 0 Å².